The number of anilines is 2. The van der Waals surface area contributed by atoms with Gasteiger partial charge >= 0.3 is 0 Å². The zero-order valence-corrected chi connectivity index (χ0v) is 13.6. The number of nitrogen functional groups attached to an aromatic ring is 2. The van der Waals surface area contributed by atoms with Crippen LogP contribution in [0.3, 0.4) is 0 Å². The molecule has 2 aromatic carbocycles. The summed E-state index contributed by atoms with van der Waals surface area (Å²) in [6.45, 7) is 8.53. The van der Waals surface area contributed by atoms with E-state index in [-0.39, 0.29) is 0 Å². The Morgan fingerprint density at radius 1 is 0.667 bits per heavy atom. The highest BCUT2D eigenvalue weighted by atomic mass is 14.6. The summed E-state index contributed by atoms with van der Waals surface area (Å²) >= 11 is 0. The molecule has 2 nitrogen and oxygen atoms in total. The summed E-state index contributed by atoms with van der Waals surface area (Å²) in [5, 5.41) is 0. The van der Waals surface area contributed by atoms with Crippen LogP contribution in [0.15, 0.2) is 24.3 Å². The molecule has 0 unspecified atom stereocenters. The first-order chi connectivity index (χ1) is 9.99. The summed E-state index contributed by atoms with van der Waals surface area (Å²) in [6.07, 6.45) is 2.83. The fourth-order valence-electron chi connectivity index (χ4n) is 2.94. The molecule has 0 aliphatic carbocycles. The van der Waals surface area contributed by atoms with Gasteiger partial charge in [-0.3, -0.25) is 0 Å². The Labute approximate surface area is 128 Å². The van der Waals surface area contributed by atoms with E-state index in [1.165, 1.54) is 33.4 Å². The van der Waals surface area contributed by atoms with Gasteiger partial charge in [-0.25, -0.2) is 0 Å². The van der Waals surface area contributed by atoms with E-state index < -0.39 is 0 Å². The van der Waals surface area contributed by atoms with Crippen LogP contribution in [-0.2, 0) is 19.3 Å². The zero-order valence-electron chi connectivity index (χ0n) is 13.6. The van der Waals surface area contributed by atoms with Crippen LogP contribution in [0.1, 0.15) is 47.2 Å². The fraction of sp³-hybridized carbons (Fsp3) is 0.368. The maximum atomic E-state index is 6.31. The van der Waals surface area contributed by atoms with E-state index >= 15 is 0 Å². The minimum Gasteiger partial charge on any atom is -0.398 e. The summed E-state index contributed by atoms with van der Waals surface area (Å²) < 4.78 is 0. The van der Waals surface area contributed by atoms with E-state index in [9.17, 15) is 0 Å². The molecule has 0 atom stereocenters. The van der Waals surface area contributed by atoms with Crippen molar-refractivity contribution in [3.63, 3.8) is 0 Å². The number of benzene rings is 2. The third-order valence-corrected chi connectivity index (χ3v) is 4.58. The van der Waals surface area contributed by atoms with Gasteiger partial charge in [0.15, 0.2) is 0 Å². The molecule has 0 aliphatic rings. The molecule has 2 heteroatoms. The smallest absolute Gasteiger partial charge is 0.0382 e. The molecular formula is C19H26N2. The summed E-state index contributed by atoms with van der Waals surface area (Å²) in [4.78, 5) is 0. The Balaban J connectivity index is 2.39. The number of aryl methyl sites for hydroxylation is 2. The third-order valence-electron chi connectivity index (χ3n) is 4.58. The topological polar surface area (TPSA) is 52.0 Å². The van der Waals surface area contributed by atoms with Crippen LogP contribution in [0.25, 0.3) is 0 Å². The number of nitrogens with two attached hydrogens (primary N) is 2. The molecule has 0 amide bonds. The maximum Gasteiger partial charge on any atom is 0.0382 e. The molecule has 0 heterocycles. The zero-order chi connectivity index (χ0) is 15.6. The molecule has 2 rings (SSSR count). The molecule has 0 radical (unpaired) electrons. The molecule has 0 spiro atoms. The van der Waals surface area contributed by atoms with E-state index in [4.69, 9.17) is 11.5 Å². The molecule has 0 saturated heterocycles. The van der Waals surface area contributed by atoms with Crippen LogP contribution >= 0.6 is 0 Å². The average molecular weight is 282 g/mol. The molecule has 0 saturated carbocycles. The van der Waals surface area contributed by atoms with E-state index in [2.05, 4.69) is 52.0 Å². The van der Waals surface area contributed by atoms with Gasteiger partial charge in [-0.1, -0.05) is 38.1 Å². The molecule has 2 aromatic rings. The lowest BCUT2D eigenvalue weighted by atomic mass is 9.93. The van der Waals surface area contributed by atoms with Crippen molar-refractivity contribution in [1.29, 1.82) is 0 Å². The van der Waals surface area contributed by atoms with Crippen LogP contribution in [0.5, 0.6) is 0 Å². The van der Waals surface area contributed by atoms with Gasteiger partial charge in [0.05, 0.1) is 0 Å². The van der Waals surface area contributed by atoms with Gasteiger partial charge < -0.3 is 11.5 Å². The SMILES string of the molecule is CCc1ccc(Cc2ccc(CC)c(C)c2N)c(N)c1C. The van der Waals surface area contributed by atoms with Gasteiger partial charge in [0.2, 0.25) is 0 Å². The predicted molar refractivity (Wildman–Crippen MR) is 92.7 cm³/mol. The van der Waals surface area contributed by atoms with Gasteiger partial charge in [-0.2, -0.15) is 0 Å². The summed E-state index contributed by atoms with van der Waals surface area (Å²) in [6, 6.07) is 8.66. The summed E-state index contributed by atoms with van der Waals surface area (Å²) in [7, 11) is 0. The quantitative estimate of drug-likeness (QED) is 0.826. The molecule has 0 bridgehead atoms. The molecule has 0 fully saturated rings. The molecule has 112 valence electrons. The second-order valence-corrected chi connectivity index (χ2v) is 5.73. The highest BCUT2D eigenvalue weighted by Gasteiger charge is 2.11. The average Bonchev–Trinajstić information content (AvgIpc) is 2.49. The Morgan fingerprint density at radius 2 is 1.00 bits per heavy atom. The van der Waals surface area contributed by atoms with E-state index in [0.29, 0.717) is 0 Å². The monoisotopic (exact) mass is 282 g/mol. The Bertz CT molecular complexity index is 600. The lowest BCUT2D eigenvalue weighted by Gasteiger charge is -2.15. The first kappa shape index (κ1) is 15.4. The lowest BCUT2D eigenvalue weighted by molar-refractivity contribution is 1.08. The van der Waals surface area contributed by atoms with Crippen molar-refractivity contribution in [3.05, 3.63) is 57.6 Å². The summed E-state index contributed by atoms with van der Waals surface area (Å²) in [5.74, 6) is 0. The molecule has 4 N–H and O–H groups in total. The van der Waals surface area contributed by atoms with E-state index in [1.54, 1.807) is 0 Å². The van der Waals surface area contributed by atoms with Gasteiger partial charge in [-0.15, -0.1) is 0 Å². The van der Waals surface area contributed by atoms with Crippen molar-refractivity contribution >= 4 is 11.4 Å². The molecule has 0 aliphatic heterocycles. The minimum atomic E-state index is 0.799. The Morgan fingerprint density at radius 3 is 1.33 bits per heavy atom. The van der Waals surface area contributed by atoms with E-state index in [1.807, 2.05) is 0 Å². The van der Waals surface area contributed by atoms with Crippen molar-refractivity contribution in [2.24, 2.45) is 0 Å². The second-order valence-electron chi connectivity index (χ2n) is 5.73. The molecular weight excluding hydrogens is 256 g/mol. The van der Waals surface area contributed by atoms with Crippen molar-refractivity contribution < 1.29 is 0 Å². The van der Waals surface area contributed by atoms with Gasteiger partial charge in [0.1, 0.15) is 0 Å². The number of hydrogen-bond donors (Lipinski definition) is 2. The van der Waals surface area contributed by atoms with Crippen LogP contribution in [0.2, 0.25) is 0 Å². The van der Waals surface area contributed by atoms with Gasteiger partial charge in [0.25, 0.3) is 0 Å². The highest BCUT2D eigenvalue weighted by molar-refractivity contribution is 5.62. The number of rotatable bonds is 4. The van der Waals surface area contributed by atoms with Gasteiger partial charge in [0, 0.05) is 17.8 Å². The largest absolute Gasteiger partial charge is 0.398 e. The highest BCUT2D eigenvalue weighted by Crippen LogP contribution is 2.28. The first-order valence-electron chi connectivity index (χ1n) is 7.73. The molecule has 0 aromatic heterocycles. The first-order valence-corrected chi connectivity index (χ1v) is 7.73. The predicted octanol–water partition coefficient (Wildman–Crippen LogP) is 4.18. The second kappa shape index (κ2) is 6.21. The standard InChI is InChI=1S/C19H26N2/c1-5-14-7-9-16(18(20)12(14)3)11-17-10-8-15(6-2)13(4)19(17)21/h7-10H,5-6,11,20-21H2,1-4H3. The van der Waals surface area contributed by atoms with E-state index in [0.717, 1.165) is 30.6 Å². The van der Waals surface area contributed by atoms with Crippen LogP contribution in [0.4, 0.5) is 11.4 Å². The lowest BCUT2D eigenvalue weighted by Crippen LogP contribution is -2.05. The third kappa shape index (κ3) is 2.90. The molecule has 21 heavy (non-hydrogen) atoms. The van der Waals surface area contributed by atoms with Crippen molar-refractivity contribution in [1.82, 2.24) is 0 Å². The van der Waals surface area contributed by atoms with Crippen LogP contribution in [0, 0.1) is 13.8 Å². The maximum absolute atomic E-state index is 6.31. The van der Waals surface area contributed by atoms with Crippen molar-refractivity contribution in [2.45, 2.75) is 47.0 Å². The minimum absolute atomic E-state index is 0.799. The van der Waals surface area contributed by atoms with Crippen LogP contribution in [-0.4, -0.2) is 0 Å². The van der Waals surface area contributed by atoms with Crippen molar-refractivity contribution in [3.8, 4) is 0 Å². The van der Waals surface area contributed by atoms with Crippen LogP contribution < -0.4 is 11.5 Å². The summed E-state index contributed by atoms with van der Waals surface area (Å²) in [5.41, 5.74) is 21.8. The Hall–Kier alpha value is -1.96. The normalized spacial score (nSPS) is 10.9. The fourth-order valence-corrected chi connectivity index (χ4v) is 2.94. The Kier molecular flexibility index (Phi) is 4.56. The van der Waals surface area contributed by atoms with Gasteiger partial charge in [-0.05, 0) is 60.1 Å². The number of hydrogen-bond acceptors (Lipinski definition) is 2. The van der Waals surface area contributed by atoms with Crippen molar-refractivity contribution in [2.75, 3.05) is 11.5 Å².